The summed E-state index contributed by atoms with van der Waals surface area (Å²) in [7, 11) is 2.11. The van der Waals surface area contributed by atoms with E-state index < -0.39 is 0 Å². The van der Waals surface area contributed by atoms with E-state index in [1.54, 1.807) is 0 Å². The number of hydrogen-bond donors (Lipinski definition) is 2. The van der Waals surface area contributed by atoms with E-state index in [2.05, 4.69) is 38.5 Å². The van der Waals surface area contributed by atoms with Crippen LogP contribution in [-0.4, -0.2) is 40.3 Å². The molecule has 2 aliphatic rings. The molecule has 0 aromatic carbocycles. The van der Waals surface area contributed by atoms with Crippen molar-refractivity contribution in [3.63, 3.8) is 0 Å². The maximum absolute atomic E-state index is 4.71. The number of rotatable bonds is 4. The number of piperidine rings is 1. The zero-order valence-corrected chi connectivity index (χ0v) is 15.3. The third-order valence-corrected chi connectivity index (χ3v) is 5.48. The lowest BCUT2D eigenvalue weighted by molar-refractivity contribution is 0.453. The SMILES string of the molecule is Cc1nc([C@H]2CCCNC2)cc(N(C)Cc2n[nH]c3c2CCCC3)n1. The molecule has 0 unspecified atom stereocenters. The molecule has 1 aliphatic carbocycles. The molecule has 6 heteroatoms. The molecular weight excluding hydrogens is 312 g/mol. The zero-order chi connectivity index (χ0) is 17.2. The molecule has 134 valence electrons. The van der Waals surface area contributed by atoms with Crippen molar-refractivity contribution in [3.8, 4) is 0 Å². The van der Waals surface area contributed by atoms with Gasteiger partial charge in [-0.3, -0.25) is 5.10 Å². The maximum atomic E-state index is 4.71. The van der Waals surface area contributed by atoms with E-state index in [1.165, 1.54) is 48.3 Å². The van der Waals surface area contributed by atoms with E-state index in [0.717, 1.165) is 44.1 Å². The summed E-state index contributed by atoms with van der Waals surface area (Å²) in [6, 6.07) is 2.17. The van der Waals surface area contributed by atoms with Crippen LogP contribution in [0.3, 0.4) is 0 Å². The maximum Gasteiger partial charge on any atom is 0.132 e. The van der Waals surface area contributed by atoms with Crippen LogP contribution in [0.1, 0.15) is 60.1 Å². The zero-order valence-electron chi connectivity index (χ0n) is 15.3. The monoisotopic (exact) mass is 340 g/mol. The second kappa shape index (κ2) is 7.12. The van der Waals surface area contributed by atoms with E-state index in [1.807, 2.05) is 6.92 Å². The van der Waals surface area contributed by atoms with Gasteiger partial charge in [0.2, 0.25) is 0 Å². The van der Waals surface area contributed by atoms with Gasteiger partial charge in [-0.05, 0) is 57.6 Å². The molecule has 4 rings (SSSR count). The highest BCUT2D eigenvalue weighted by molar-refractivity contribution is 5.41. The van der Waals surface area contributed by atoms with E-state index in [9.17, 15) is 0 Å². The summed E-state index contributed by atoms with van der Waals surface area (Å²) in [6.45, 7) is 4.93. The van der Waals surface area contributed by atoms with Crippen molar-refractivity contribution in [2.75, 3.05) is 25.0 Å². The first-order valence-corrected chi connectivity index (χ1v) is 9.53. The summed E-state index contributed by atoms with van der Waals surface area (Å²) in [4.78, 5) is 11.6. The molecule has 2 aromatic heterocycles. The first-order chi connectivity index (χ1) is 12.2. The number of nitrogens with one attached hydrogen (secondary N) is 2. The number of hydrogen-bond acceptors (Lipinski definition) is 5. The van der Waals surface area contributed by atoms with Gasteiger partial charge >= 0.3 is 0 Å². The Morgan fingerprint density at radius 2 is 2.08 bits per heavy atom. The van der Waals surface area contributed by atoms with Crippen LogP contribution in [-0.2, 0) is 19.4 Å². The van der Waals surface area contributed by atoms with Gasteiger partial charge in [0.05, 0.1) is 17.9 Å². The van der Waals surface area contributed by atoms with Crippen molar-refractivity contribution in [2.45, 2.75) is 57.9 Å². The molecule has 25 heavy (non-hydrogen) atoms. The summed E-state index contributed by atoms with van der Waals surface area (Å²) in [5.41, 5.74) is 5.11. The first kappa shape index (κ1) is 16.5. The molecule has 1 saturated heterocycles. The van der Waals surface area contributed by atoms with Crippen molar-refractivity contribution >= 4 is 5.82 Å². The number of aromatic nitrogens is 4. The summed E-state index contributed by atoms with van der Waals surface area (Å²) in [6.07, 6.45) is 7.26. The minimum Gasteiger partial charge on any atom is -0.354 e. The normalized spacial score (nSPS) is 20.3. The second-order valence-electron chi connectivity index (χ2n) is 7.43. The summed E-state index contributed by atoms with van der Waals surface area (Å²) in [5.74, 6) is 2.36. The second-order valence-corrected chi connectivity index (χ2v) is 7.43. The van der Waals surface area contributed by atoms with Crippen LogP contribution < -0.4 is 10.2 Å². The fourth-order valence-electron chi connectivity index (χ4n) is 4.07. The molecule has 2 N–H and O–H groups in total. The van der Waals surface area contributed by atoms with Crippen molar-refractivity contribution in [1.29, 1.82) is 0 Å². The molecule has 3 heterocycles. The Balaban J connectivity index is 1.54. The van der Waals surface area contributed by atoms with Crippen molar-refractivity contribution in [1.82, 2.24) is 25.5 Å². The predicted octanol–water partition coefficient (Wildman–Crippen LogP) is 2.49. The average Bonchev–Trinajstić information content (AvgIpc) is 3.05. The Kier molecular flexibility index (Phi) is 4.70. The molecule has 0 bridgehead atoms. The number of fused-ring (bicyclic) bond motifs is 1. The number of anilines is 1. The lowest BCUT2D eigenvalue weighted by Gasteiger charge is -2.24. The fraction of sp³-hybridized carbons (Fsp3) is 0.632. The van der Waals surface area contributed by atoms with E-state index >= 15 is 0 Å². The smallest absolute Gasteiger partial charge is 0.132 e. The van der Waals surface area contributed by atoms with Gasteiger partial charge in [-0.1, -0.05) is 0 Å². The average molecular weight is 340 g/mol. The molecular formula is C19H28N6. The topological polar surface area (TPSA) is 69.7 Å². The van der Waals surface area contributed by atoms with Crippen LogP contribution in [0.4, 0.5) is 5.82 Å². The Morgan fingerprint density at radius 3 is 2.92 bits per heavy atom. The molecule has 1 aliphatic heterocycles. The van der Waals surface area contributed by atoms with Gasteiger partial charge in [0, 0.05) is 31.3 Å². The minimum absolute atomic E-state index is 0.501. The summed E-state index contributed by atoms with van der Waals surface area (Å²) < 4.78 is 0. The van der Waals surface area contributed by atoms with Gasteiger partial charge in [-0.2, -0.15) is 5.10 Å². The number of aryl methyl sites for hydroxylation is 2. The van der Waals surface area contributed by atoms with E-state index in [0.29, 0.717) is 5.92 Å². The highest BCUT2D eigenvalue weighted by Crippen LogP contribution is 2.26. The van der Waals surface area contributed by atoms with Gasteiger partial charge in [0.15, 0.2) is 0 Å². The van der Waals surface area contributed by atoms with Crippen LogP contribution in [0.25, 0.3) is 0 Å². The lowest BCUT2D eigenvalue weighted by atomic mass is 9.95. The fourth-order valence-corrected chi connectivity index (χ4v) is 4.07. The van der Waals surface area contributed by atoms with E-state index in [4.69, 9.17) is 4.98 Å². The number of nitrogens with zero attached hydrogens (tertiary/aromatic N) is 4. The highest BCUT2D eigenvalue weighted by atomic mass is 15.2. The summed E-state index contributed by atoms with van der Waals surface area (Å²) in [5, 5.41) is 11.3. The van der Waals surface area contributed by atoms with Crippen LogP contribution >= 0.6 is 0 Å². The van der Waals surface area contributed by atoms with Crippen molar-refractivity contribution in [2.24, 2.45) is 0 Å². The van der Waals surface area contributed by atoms with Crippen LogP contribution in [0, 0.1) is 6.92 Å². The largest absolute Gasteiger partial charge is 0.354 e. The Labute approximate surface area is 149 Å². The highest BCUT2D eigenvalue weighted by Gasteiger charge is 2.21. The van der Waals surface area contributed by atoms with Gasteiger partial charge in [0.1, 0.15) is 11.6 Å². The first-order valence-electron chi connectivity index (χ1n) is 9.53. The van der Waals surface area contributed by atoms with Gasteiger partial charge in [-0.25, -0.2) is 9.97 Å². The van der Waals surface area contributed by atoms with Crippen LogP contribution in [0.2, 0.25) is 0 Å². The minimum atomic E-state index is 0.501. The predicted molar refractivity (Wildman–Crippen MR) is 99.0 cm³/mol. The lowest BCUT2D eigenvalue weighted by Crippen LogP contribution is -2.29. The van der Waals surface area contributed by atoms with Crippen molar-refractivity contribution in [3.05, 3.63) is 34.5 Å². The third kappa shape index (κ3) is 3.54. The van der Waals surface area contributed by atoms with Gasteiger partial charge in [0.25, 0.3) is 0 Å². The number of H-pyrrole nitrogens is 1. The standard InChI is InChI=1S/C19H28N6/c1-13-21-17(14-6-5-9-20-11-14)10-19(22-13)25(2)12-18-15-7-3-4-8-16(15)23-24-18/h10,14,20H,3-9,11-12H2,1-2H3,(H,23,24)/t14-/m0/s1. The molecule has 0 radical (unpaired) electrons. The molecule has 0 saturated carbocycles. The Bertz CT molecular complexity index is 732. The number of aromatic amines is 1. The quantitative estimate of drug-likeness (QED) is 0.895. The van der Waals surface area contributed by atoms with Gasteiger partial charge in [-0.15, -0.1) is 0 Å². The molecule has 6 nitrogen and oxygen atoms in total. The van der Waals surface area contributed by atoms with Gasteiger partial charge < -0.3 is 10.2 Å². The molecule has 1 fully saturated rings. The van der Waals surface area contributed by atoms with Crippen LogP contribution in [0.5, 0.6) is 0 Å². The summed E-state index contributed by atoms with van der Waals surface area (Å²) >= 11 is 0. The third-order valence-electron chi connectivity index (χ3n) is 5.48. The van der Waals surface area contributed by atoms with Crippen LogP contribution in [0.15, 0.2) is 6.07 Å². The van der Waals surface area contributed by atoms with E-state index in [-0.39, 0.29) is 0 Å². The van der Waals surface area contributed by atoms with Crippen molar-refractivity contribution < 1.29 is 0 Å². The Morgan fingerprint density at radius 1 is 1.20 bits per heavy atom. The molecule has 1 atom stereocenters. The molecule has 0 spiro atoms. The molecule has 0 amide bonds. The molecule has 2 aromatic rings. The Hall–Kier alpha value is -1.95.